The summed E-state index contributed by atoms with van der Waals surface area (Å²) in [5, 5.41) is 8.78. The predicted molar refractivity (Wildman–Crippen MR) is 34.3 cm³/mol. The number of hydrogen-bond acceptors (Lipinski definition) is 4. The second-order valence-electron chi connectivity index (χ2n) is 1.43. The highest BCUT2D eigenvalue weighted by Gasteiger charge is 1.94. The van der Waals surface area contributed by atoms with Crippen LogP contribution in [0.15, 0.2) is 27.6 Å². The first kappa shape index (κ1) is 5.59. The van der Waals surface area contributed by atoms with Gasteiger partial charge in [-0.15, -0.1) is 0 Å². The van der Waals surface area contributed by atoms with Crippen LogP contribution < -0.4 is 5.73 Å². The van der Waals surface area contributed by atoms with E-state index < -0.39 is 0 Å². The maximum atomic E-state index is 8.78. The summed E-state index contributed by atoms with van der Waals surface area (Å²) >= 11 is 0. The highest BCUT2D eigenvalue weighted by molar-refractivity contribution is 5.73. The van der Waals surface area contributed by atoms with Gasteiger partial charge < -0.3 is 10.8 Å². The van der Waals surface area contributed by atoms with Crippen LogP contribution in [0.2, 0.25) is 0 Å². The molecule has 0 aromatic heterocycles. The van der Waals surface area contributed by atoms with Gasteiger partial charge >= 0.3 is 0 Å². The molecule has 0 spiro atoms. The molecule has 4 nitrogen and oxygen atoms in total. The lowest BCUT2D eigenvalue weighted by molar-refractivity contribution is 0.401. The van der Waals surface area contributed by atoms with Gasteiger partial charge in [-0.05, 0) is 5.87 Å². The molecule has 1 rings (SSSR count). The van der Waals surface area contributed by atoms with Crippen molar-refractivity contribution in [1.82, 2.24) is 0 Å². The number of hydrogen-bond donors (Lipinski definition) is 2. The number of aliphatic hydroxyl groups is 1. The van der Waals surface area contributed by atoms with Crippen molar-refractivity contribution in [2.45, 2.75) is 0 Å². The molecule has 0 saturated heterocycles. The van der Waals surface area contributed by atoms with Gasteiger partial charge in [-0.3, -0.25) is 0 Å². The minimum absolute atomic E-state index is 0.174. The molecule has 0 fully saturated rings. The first-order valence-electron chi connectivity index (χ1n) is 2.30. The van der Waals surface area contributed by atoms with Crippen molar-refractivity contribution in [1.29, 1.82) is 0 Å². The largest absolute Gasteiger partial charge is 0.492 e. The summed E-state index contributed by atoms with van der Waals surface area (Å²) in [6, 6.07) is 0. The minimum atomic E-state index is -0.219. The molecule has 0 bridgehead atoms. The topological polar surface area (TPSA) is 71.0 Å². The van der Waals surface area contributed by atoms with Gasteiger partial charge in [0.05, 0.1) is 0 Å². The van der Waals surface area contributed by atoms with E-state index >= 15 is 0 Å². The number of nitrogens with two attached hydrogens (primary N) is 1. The molecule has 9 heavy (non-hydrogen) atoms. The average Bonchev–Trinajstić information content (AvgIpc) is 1.99. The Balaban J connectivity index is 3.06. The third-order valence-corrected chi connectivity index (χ3v) is 0.791. The standard InChI is InChI=1S/C5H5N3O/c6-4-1-2-7-3-8-5(4)9/h1,3,9H,6H2. The Bertz CT molecular complexity index is 233. The molecule has 4 heteroatoms. The molecular weight excluding hydrogens is 118 g/mol. The minimum Gasteiger partial charge on any atom is -0.492 e. The molecule has 1 aliphatic heterocycles. The van der Waals surface area contributed by atoms with Crippen LogP contribution >= 0.6 is 0 Å². The molecule has 3 N–H and O–H groups in total. The molecule has 0 aromatic rings. The summed E-state index contributed by atoms with van der Waals surface area (Å²) in [6.07, 6.45) is 2.52. The predicted octanol–water partition coefficient (Wildman–Crippen LogP) is -0.0600. The molecule has 0 unspecified atom stereocenters. The first-order chi connectivity index (χ1) is 4.30. The second-order valence-corrected chi connectivity index (χ2v) is 1.43. The molecule has 1 heterocycles. The van der Waals surface area contributed by atoms with E-state index in [1.807, 2.05) is 0 Å². The molecule has 0 aliphatic carbocycles. The quantitative estimate of drug-likeness (QED) is 0.473. The van der Waals surface area contributed by atoms with Crippen LogP contribution in [0.1, 0.15) is 0 Å². The number of nitrogens with zero attached hydrogens (tertiary/aromatic N) is 2. The van der Waals surface area contributed by atoms with Gasteiger partial charge in [-0.1, -0.05) is 0 Å². The Morgan fingerprint density at radius 1 is 1.67 bits per heavy atom. The first-order valence-corrected chi connectivity index (χ1v) is 2.30. The summed E-state index contributed by atoms with van der Waals surface area (Å²) in [6.45, 7) is 0. The Labute approximate surface area is 51.7 Å². The zero-order valence-electron chi connectivity index (χ0n) is 4.57. The summed E-state index contributed by atoms with van der Waals surface area (Å²) in [5.41, 5.74) is 5.39. The summed E-state index contributed by atoms with van der Waals surface area (Å²) in [4.78, 5) is 6.92. The van der Waals surface area contributed by atoms with E-state index in [2.05, 4.69) is 15.9 Å². The SMILES string of the molecule is NC1=C(O)N=CN=C=C1. The number of allylic oxidation sites excluding steroid dienone is 1. The summed E-state index contributed by atoms with van der Waals surface area (Å²) in [7, 11) is 0. The van der Waals surface area contributed by atoms with Crippen LogP contribution in [0.3, 0.4) is 0 Å². The van der Waals surface area contributed by atoms with E-state index in [0.717, 1.165) is 0 Å². The Hall–Kier alpha value is -1.54. The monoisotopic (exact) mass is 123 g/mol. The third-order valence-electron chi connectivity index (χ3n) is 0.791. The van der Waals surface area contributed by atoms with E-state index in [1.165, 1.54) is 12.4 Å². The van der Waals surface area contributed by atoms with Crippen molar-refractivity contribution in [2.24, 2.45) is 15.7 Å². The number of aliphatic imine (C=N–C) groups is 2. The van der Waals surface area contributed by atoms with Gasteiger partial charge in [0, 0.05) is 6.08 Å². The average molecular weight is 123 g/mol. The fourth-order valence-electron chi connectivity index (χ4n) is 0.363. The van der Waals surface area contributed by atoms with Gasteiger partial charge in [-0.25, -0.2) is 0 Å². The van der Waals surface area contributed by atoms with Crippen LogP contribution in [0.25, 0.3) is 0 Å². The lowest BCUT2D eigenvalue weighted by atomic mass is 10.4. The maximum absolute atomic E-state index is 8.78. The lowest BCUT2D eigenvalue weighted by Gasteiger charge is -1.89. The third kappa shape index (κ3) is 1.17. The Kier molecular flexibility index (Phi) is 1.34. The van der Waals surface area contributed by atoms with Crippen molar-refractivity contribution >= 4 is 12.2 Å². The summed E-state index contributed by atoms with van der Waals surface area (Å²) in [5.74, 6) is 2.22. The van der Waals surface area contributed by atoms with Gasteiger partial charge in [0.15, 0.2) is 0 Å². The van der Waals surface area contributed by atoms with E-state index in [9.17, 15) is 0 Å². The van der Waals surface area contributed by atoms with E-state index in [4.69, 9.17) is 10.8 Å². The molecular formula is C5H5N3O. The lowest BCUT2D eigenvalue weighted by Crippen LogP contribution is -1.96. The highest BCUT2D eigenvalue weighted by atomic mass is 16.3. The van der Waals surface area contributed by atoms with Gasteiger partial charge in [-0.2, -0.15) is 9.98 Å². The zero-order valence-corrected chi connectivity index (χ0v) is 4.57. The van der Waals surface area contributed by atoms with Crippen LogP contribution in [0, 0.1) is 0 Å². The van der Waals surface area contributed by atoms with Crippen LogP contribution in [0.4, 0.5) is 0 Å². The van der Waals surface area contributed by atoms with E-state index in [1.54, 1.807) is 0 Å². The van der Waals surface area contributed by atoms with Gasteiger partial charge in [0.25, 0.3) is 0 Å². The van der Waals surface area contributed by atoms with Crippen LogP contribution in [-0.2, 0) is 0 Å². The van der Waals surface area contributed by atoms with Crippen molar-refractivity contribution in [2.75, 3.05) is 0 Å². The fraction of sp³-hybridized carbons (Fsp3) is 0. The molecule has 0 aromatic carbocycles. The zero-order chi connectivity index (χ0) is 6.69. The van der Waals surface area contributed by atoms with Crippen LogP contribution in [0.5, 0.6) is 0 Å². The number of aliphatic hydroxyl groups excluding tert-OH is 1. The fourth-order valence-corrected chi connectivity index (χ4v) is 0.363. The van der Waals surface area contributed by atoms with E-state index in [-0.39, 0.29) is 11.6 Å². The number of rotatable bonds is 0. The van der Waals surface area contributed by atoms with Gasteiger partial charge in [0.2, 0.25) is 5.88 Å². The summed E-state index contributed by atoms with van der Waals surface area (Å²) < 4.78 is 0. The molecule has 0 radical (unpaired) electrons. The van der Waals surface area contributed by atoms with E-state index in [0.29, 0.717) is 0 Å². The Morgan fingerprint density at radius 3 is 3.22 bits per heavy atom. The molecule has 46 valence electrons. The van der Waals surface area contributed by atoms with Crippen LogP contribution in [-0.4, -0.2) is 17.3 Å². The second kappa shape index (κ2) is 2.15. The maximum Gasteiger partial charge on any atom is 0.236 e. The molecule has 0 amide bonds. The van der Waals surface area contributed by atoms with Crippen molar-refractivity contribution in [3.63, 3.8) is 0 Å². The molecule has 0 saturated carbocycles. The normalized spacial score (nSPS) is 16.4. The van der Waals surface area contributed by atoms with Crippen molar-refractivity contribution in [3.8, 4) is 0 Å². The molecule has 0 atom stereocenters. The van der Waals surface area contributed by atoms with Crippen molar-refractivity contribution in [3.05, 3.63) is 17.7 Å². The molecule has 1 aliphatic rings. The Morgan fingerprint density at radius 2 is 2.44 bits per heavy atom. The highest BCUT2D eigenvalue weighted by Crippen LogP contribution is 1.96. The van der Waals surface area contributed by atoms with Crippen molar-refractivity contribution < 1.29 is 5.11 Å². The smallest absolute Gasteiger partial charge is 0.236 e. The van der Waals surface area contributed by atoms with Gasteiger partial charge in [0.1, 0.15) is 12.0 Å².